The molecular weight excluding hydrogens is 476 g/mol. The van der Waals surface area contributed by atoms with E-state index >= 15 is 0 Å². The lowest BCUT2D eigenvalue weighted by Crippen LogP contribution is -2.61. The number of nitrogens with zero attached hydrogens (tertiary/aromatic N) is 1. The van der Waals surface area contributed by atoms with Crippen LogP contribution in [0.1, 0.15) is 82.6 Å². The molecule has 37 heavy (non-hydrogen) atoms. The van der Waals surface area contributed by atoms with Crippen molar-refractivity contribution in [3.05, 3.63) is 0 Å². The van der Waals surface area contributed by atoms with Gasteiger partial charge in [-0.2, -0.15) is 0 Å². The summed E-state index contributed by atoms with van der Waals surface area (Å²) in [5, 5.41) is 5.44. The van der Waals surface area contributed by atoms with Crippen LogP contribution in [0, 0.1) is 28.1 Å². The molecule has 1 aliphatic carbocycles. The van der Waals surface area contributed by atoms with Gasteiger partial charge in [-0.05, 0) is 55.3 Å². The van der Waals surface area contributed by atoms with Gasteiger partial charge < -0.3 is 26.0 Å². The first-order valence-corrected chi connectivity index (χ1v) is 12.9. The average Bonchev–Trinajstić information content (AvgIpc) is 3.03. The number of rotatable bonds is 7. The highest BCUT2D eigenvalue weighted by molar-refractivity contribution is 6.37. The van der Waals surface area contributed by atoms with E-state index in [2.05, 4.69) is 10.6 Å². The van der Waals surface area contributed by atoms with Gasteiger partial charge in [-0.1, -0.05) is 55.4 Å². The maximum Gasteiger partial charge on any atom is 0.408 e. The van der Waals surface area contributed by atoms with E-state index in [1.54, 1.807) is 20.8 Å². The van der Waals surface area contributed by atoms with Crippen LogP contribution < -0.4 is 16.4 Å². The first kappa shape index (κ1) is 30.6. The summed E-state index contributed by atoms with van der Waals surface area (Å²) < 4.78 is 5.38. The number of nitrogens with one attached hydrogen (secondary N) is 2. The molecule has 2 rings (SSSR count). The van der Waals surface area contributed by atoms with Crippen molar-refractivity contribution in [3.63, 3.8) is 0 Å². The Morgan fingerprint density at radius 1 is 0.973 bits per heavy atom. The van der Waals surface area contributed by atoms with Gasteiger partial charge in [-0.3, -0.25) is 19.2 Å². The zero-order valence-electron chi connectivity index (χ0n) is 24.3. The minimum absolute atomic E-state index is 0.0993. The van der Waals surface area contributed by atoms with Crippen LogP contribution in [-0.2, 0) is 23.9 Å². The van der Waals surface area contributed by atoms with Crippen molar-refractivity contribution in [2.24, 2.45) is 33.8 Å². The number of amides is 4. The number of hydrogen-bond donors (Lipinski definition) is 3. The Morgan fingerprint density at radius 2 is 1.51 bits per heavy atom. The molecule has 0 aromatic rings. The highest BCUT2D eigenvalue weighted by Crippen LogP contribution is 2.65. The Bertz CT molecular complexity index is 953. The third-order valence-electron chi connectivity index (χ3n) is 7.23. The smallest absolute Gasteiger partial charge is 0.408 e. The fourth-order valence-electron chi connectivity index (χ4n) is 5.30. The fourth-order valence-corrected chi connectivity index (χ4v) is 5.30. The molecule has 1 heterocycles. The Kier molecular flexibility index (Phi) is 8.19. The number of ether oxygens (including phenoxy) is 1. The zero-order valence-corrected chi connectivity index (χ0v) is 24.3. The summed E-state index contributed by atoms with van der Waals surface area (Å²) in [6, 6.07) is -2.89. The highest BCUT2D eigenvalue weighted by Gasteiger charge is 2.70. The lowest BCUT2D eigenvalue weighted by atomic mass is 9.85. The molecule has 4 N–H and O–H groups in total. The molecular formula is C27H46N4O6. The standard InChI is InChI=1S/C27H46N4O6/c1-24(2,3)12-15(18(32)20(28)33)29-21(34)17-16-14(27(16,10)11)13-31(17)22(35)19(25(4,5)6)30-23(36)37-26(7,8)9/h14-17,19H,12-13H2,1-11H3,(H2,28,33)(H,29,34)(H,30,36)/t14-,15-,16-,17?,19?/m0/s1. The van der Waals surface area contributed by atoms with E-state index in [1.807, 2.05) is 55.4 Å². The molecule has 4 amide bonds. The molecule has 0 spiro atoms. The van der Waals surface area contributed by atoms with E-state index in [4.69, 9.17) is 10.5 Å². The van der Waals surface area contributed by atoms with Crippen molar-refractivity contribution < 1.29 is 28.7 Å². The molecule has 2 fully saturated rings. The fraction of sp³-hybridized carbons (Fsp3) is 0.815. The van der Waals surface area contributed by atoms with Gasteiger partial charge in [0.05, 0.1) is 6.04 Å². The van der Waals surface area contributed by atoms with Crippen LogP contribution >= 0.6 is 0 Å². The molecule has 210 valence electrons. The third kappa shape index (κ3) is 7.23. The molecule has 1 saturated heterocycles. The van der Waals surface area contributed by atoms with Crippen LogP contribution in [0.25, 0.3) is 0 Å². The Morgan fingerprint density at radius 3 is 1.95 bits per heavy atom. The van der Waals surface area contributed by atoms with Gasteiger partial charge in [0.1, 0.15) is 17.7 Å². The van der Waals surface area contributed by atoms with Gasteiger partial charge in [0.15, 0.2) is 0 Å². The molecule has 10 heteroatoms. The van der Waals surface area contributed by atoms with E-state index in [0.29, 0.717) is 6.54 Å². The summed E-state index contributed by atoms with van der Waals surface area (Å²) in [6.07, 6.45) is -0.507. The number of Topliss-reactive ketones (excluding diaryl/α,β-unsaturated/α-hetero) is 1. The van der Waals surface area contributed by atoms with Crippen LogP contribution in [0.2, 0.25) is 0 Å². The van der Waals surface area contributed by atoms with Crippen LogP contribution in [-0.4, -0.2) is 64.8 Å². The topological polar surface area (TPSA) is 148 Å². The van der Waals surface area contributed by atoms with E-state index < -0.39 is 58.7 Å². The molecule has 2 unspecified atom stereocenters. The molecule has 10 nitrogen and oxygen atoms in total. The van der Waals surface area contributed by atoms with Gasteiger partial charge in [0, 0.05) is 6.54 Å². The average molecular weight is 523 g/mol. The van der Waals surface area contributed by atoms with E-state index in [0.717, 1.165) is 0 Å². The van der Waals surface area contributed by atoms with E-state index in [-0.39, 0.29) is 29.1 Å². The molecule has 0 radical (unpaired) electrons. The second-order valence-electron chi connectivity index (χ2n) is 14.4. The number of carbonyl (C=O) groups excluding carboxylic acids is 5. The first-order valence-electron chi connectivity index (χ1n) is 12.9. The van der Waals surface area contributed by atoms with Gasteiger partial charge >= 0.3 is 6.09 Å². The van der Waals surface area contributed by atoms with Crippen LogP contribution in [0.4, 0.5) is 4.79 Å². The van der Waals surface area contributed by atoms with E-state index in [9.17, 15) is 24.0 Å². The Labute approximate surface area is 220 Å². The zero-order chi connectivity index (χ0) is 28.9. The number of primary amides is 1. The SMILES string of the molecule is CC(C)(C)C[C@H](NC(=O)C1[C@@H]2[C@H](CN1C(=O)C(NC(=O)OC(C)(C)C)C(C)(C)C)C2(C)C)C(=O)C(N)=O. The number of fused-ring (bicyclic) bond motifs is 1. The molecule has 1 aliphatic heterocycles. The van der Waals surface area contributed by atoms with Crippen molar-refractivity contribution in [1.82, 2.24) is 15.5 Å². The number of ketones is 1. The number of nitrogens with two attached hydrogens (primary N) is 1. The normalized spacial score (nSPS) is 24.4. The van der Waals surface area contributed by atoms with Crippen LogP contribution in [0.15, 0.2) is 0 Å². The molecule has 0 aromatic heterocycles. The third-order valence-corrected chi connectivity index (χ3v) is 7.23. The minimum atomic E-state index is -1.12. The molecule has 5 atom stereocenters. The summed E-state index contributed by atoms with van der Waals surface area (Å²) in [5.74, 6) is -2.90. The van der Waals surface area contributed by atoms with Crippen LogP contribution in [0.3, 0.4) is 0 Å². The number of likely N-dealkylation sites (tertiary alicyclic amines) is 1. The van der Waals surface area contributed by atoms with Crippen molar-refractivity contribution in [3.8, 4) is 0 Å². The van der Waals surface area contributed by atoms with Gasteiger partial charge in [-0.25, -0.2) is 4.79 Å². The quantitative estimate of drug-likeness (QED) is 0.437. The molecule has 2 aliphatic rings. The van der Waals surface area contributed by atoms with Crippen molar-refractivity contribution >= 4 is 29.6 Å². The van der Waals surface area contributed by atoms with Crippen molar-refractivity contribution in [1.29, 1.82) is 0 Å². The van der Waals surface area contributed by atoms with E-state index in [1.165, 1.54) is 4.90 Å². The number of hydrogen-bond acceptors (Lipinski definition) is 6. The van der Waals surface area contributed by atoms with Crippen LogP contribution in [0.5, 0.6) is 0 Å². The highest BCUT2D eigenvalue weighted by atomic mass is 16.6. The Hall–Kier alpha value is -2.65. The first-order chi connectivity index (χ1) is 16.5. The predicted molar refractivity (Wildman–Crippen MR) is 139 cm³/mol. The maximum atomic E-state index is 13.9. The summed E-state index contributed by atoms with van der Waals surface area (Å²) in [7, 11) is 0. The molecule has 0 aromatic carbocycles. The minimum Gasteiger partial charge on any atom is -0.444 e. The predicted octanol–water partition coefficient (Wildman–Crippen LogP) is 2.38. The van der Waals surface area contributed by atoms with Gasteiger partial charge in [-0.15, -0.1) is 0 Å². The summed E-state index contributed by atoms with van der Waals surface area (Å²) >= 11 is 0. The van der Waals surface area contributed by atoms with Crippen molar-refractivity contribution in [2.75, 3.05) is 6.54 Å². The summed E-state index contributed by atoms with van der Waals surface area (Å²) in [6.45, 7) is 20.8. The summed E-state index contributed by atoms with van der Waals surface area (Å²) in [5.41, 5.74) is 3.31. The monoisotopic (exact) mass is 522 g/mol. The summed E-state index contributed by atoms with van der Waals surface area (Å²) in [4.78, 5) is 65.9. The second-order valence-corrected chi connectivity index (χ2v) is 14.4. The maximum absolute atomic E-state index is 13.9. The Balaban J connectivity index is 2.35. The van der Waals surface area contributed by atoms with Crippen molar-refractivity contribution in [2.45, 2.75) is 106 Å². The number of carbonyl (C=O) groups is 5. The number of piperidine rings is 1. The lowest BCUT2D eigenvalue weighted by molar-refractivity contribution is -0.145. The number of alkyl carbamates (subject to hydrolysis) is 1. The second kappa shape index (κ2) is 9.91. The van der Waals surface area contributed by atoms with Gasteiger partial charge in [0.2, 0.25) is 17.6 Å². The largest absolute Gasteiger partial charge is 0.444 e. The molecule has 0 bridgehead atoms. The van der Waals surface area contributed by atoms with Gasteiger partial charge in [0.25, 0.3) is 5.91 Å². The lowest BCUT2D eigenvalue weighted by Gasteiger charge is -2.38. The molecule has 1 saturated carbocycles.